The zero-order chi connectivity index (χ0) is 16.5. The molecule has 0 radical (unpaired) electrons. The molecule has 2 aromatic carbocycles. The average molecular weight is 443 g/mol. The molecule has 0 bridgehead atoms. The van der Waals surface area contributed by atoms with Gasteiger partial charge in [0.05, 0.1) is 6.61 Å². The number of guanidine groups is 1. The van der Waals surface area contributed by atoms with Crippen LogP contribution < -0.4 is 10.6 Å². The SMILES string of the molecule is CN=C(NCc1ccc(F)cc1)NCC(CO)c1ccccc1.I. The second kappa shape index (κ2) is 11.0. The molecule has 130 valence electrons. The van der Waals surface area contributed by atoms with Crippen molar-refractivity contribution >= 4 is 29.9 Å². The average Bonchev–Trinajstić information content (AvgIpc) is 2.60. The fourth-order valence-corrected chi connectivity index (χ4v) is 2.24. The van der Waals surface area contributed by atoms with E-state index in [4.69, 9.17) is 0 Å². The van der Waals surface area contributed by atoms with Gasteiger partial charge in [0.1, 0.15) is 5.82 Å². The zero-order valence-corrected chi connectivity index (χ0v) is 15.9. The smallest absolute Gasteiger partial charge is 0.191 e. The van der Waals surface area contributed by atoms with Crippen molar-refractivity contribution in [3.8, 4) is 0 Å². The van der Waals surface area contributed by atoms with E-state index in [1.54, 1.807) is 19.2 Å². The van der Waals surface area contributed by atoms with Crippen LogP contribution in [0.1, 0.15) is 17.0 Å². The van der Waals surface area contributed by atoms with E-state index in [0.717, 1.165) is 11.1 Å². The van der Waals surface area contributed by atoms with Gasteiger partial charge in [-0.2, -0.15) is 0 Å². The molecule has 0 aliphatic rings. The molecule has 6 heteroatoms. The van der Waals surface area contributed by atoms with Crippen LogP contribution >= 0.6 is 24.0 Å². The standard InChI is InChI=1S/C18H22FN3O.HI/c1-20-18(21-11-14-7-9-17(19)10-8-14)22-12-16(13-23)15-5-3-2-4-6-15;/h2-10,16,23H,11-13H2,1H3,(H2,20,21,22);1H. The number of hydrogen-bond acceptors (Lipinski definition) is 2. The highest BCUT2D eigenvalue weighted by atomic mass is 127. The third-order valence-corrected chi connectivity index (χ3v) is 3.60. The number of aliphatic imine (C=N–C) groups is 1. The van der Waals surface area contributed by atoms with E-state index in [1.165, 1.54) is 12.1 Å². The van der Waals surface area contributed by atoms with Gasteiger partial charge in [-0.25, -0.2) is 4.39 Å². The lowest BCUT2D eigenvalue weighted by molar-refractivity contribution is 0.265. The topological polar surface area (TPSA) is 56.7 Å². The summed E-state index contributed by atoms with van der Waals surface area (Å²) >= 11 is 0. The van der Waals surface area contributed by atoms with E-state index < -0.39 is 0 Å². The van der Waals surface area contributed by atoms with Gasteiger partial charge in [-0.3, -0.25) is 4.99 Å². The summed E-state index contributed by atoms with van der Waals surface area (Å²) in [6.45, 7) is 1.19. The van der Waals surface area contributed by atoms with E-state index in [-0.39, 0.29) is 42.3 Å². The lowest BCUT2D eigenvalue weighted by atomic mass is 10.0. The number of rotatable bonds is 6. The fraction of sp³-hybridized carbons (Fsp3) is 0.278. The van der Waals surface area contributed by atoms with Gasteiger partial charge >= 0.3 is 0 Å². The molecule has 1 atom stereocenters. The first-order chi connectivity index (χ1) is 11.2. The molecule has 2 rings (SSSR count). The molecule has 4 nitrogen and oxygen atoms in total. The summed E-state index contributed by atoms with van der Waals surface area (Å²) in [5, 5.41) is 15.9. The van der Waals surface area contributed by atoms with Crippen LogP contribution in [0.2, 0.25) is 0 Å². The van der Waals surface area contributed by atoms with Crippen molar-refractivity contribution in [2.75, 3.05) is 20.2 Å². The van der Waals surface area contributed by atoms with E-state index in [9.17, 15) is 9.50 Å². The van der Waals surface area contributed by atoms with Gasteiger partial charge in [0, 0.05) is 26.1 Å². The lowest BCUT2D eigenvalue weighted by Gasteiger charge is -2.18. The molecule has 0 aliphatic heterocycles. The van der Waals surface area contributed by atoms with Crippen molar-refractivity contribution in [2.24, 2.45) is 4.99 Å². The molecule has 0 saturated heterocycles. The molecule has 0 fully saturated rings. The third kappa shape index (κ3) is 6.45. The maximum absolute atomic E-state index is 12.9. The maximum Gasteiger partial charge on any atom is 0.191 e. The van der Waals surface area contributed by atoms with Gasteiger partial charge in [0.2, 0.25) is 0 Å². The molecule has 0 heterocycles. The van der Waals surface area contributed by atoms with Crippen LogP contribution in [0, 0.1) is 5.82 Å². The monoisotopic (exact) mass is 443 g/mol. The van der Waals surface area contributed by atoms with Crippen molar-refractivity contribution in [3.05, 3.63) is 71.5 Å². The zero-order valence-electron chi connectivity index (χ0n) is 13.6. The first kappa shape index (κ1) is 20.4. The summed E-state index contributed by atoms with van der Waals surface area (Å²) in [6.07, 6.45) is 0. The van der Waals surface area contributed by atoms with Crippen LogP contribution in [0.3, 0.4) is 0 Å². The Balaban J connectivity index is 0.00000288. The lowest BCUT2D eigenvalue weighted by Crippen LogP contribution is -2.39. The number of aliphatic hydroxyl groups is 1. The predicted octanol–water partition coefficient (Wildman–Crippen LogP) is 2.88. The van der Waals surface area contributed by atoms with E-state index >= 15 is 0 Å². The number of aliphatic hydroxyl groups excluding tert-OH is 1. The highest BCUT2D eigenvalue weighted by Crippen LogP contribution is 2.13. The van der Waals surface area contributed by atoms with Crippen molar-refractivity contribution in [1.82, 2.24) is 10.6 Å². The second-order valence-corrected chi connectivity index (χ2v) is 5.22. The molecule has 0 aromatic heterocycles. The molecule has 1 unspecified atom stereocenters. The summed E-state index contributed by atoms with van der Waals surface area (Å²) < 4.78 is 12.9. The largest absolute Gasteiger partial charge is 0.396 e. The summed E-state index contributed by atoms with van der Waals surface area (Å²) in [6, 6.07) is 16.2. The normalized spacial score (nSPS) is 12.2. The molecule has 0 spiro atoms. The Kier molecular flexibility index (Phi) is 9.33. The van der Waals surface area contributed by atoms with Gasteiger partial charge < -0.3 is 15.7 Å². The Morgan fingerprint density at radius 3 is 2.33 bits per heavy atom. The second-order valence-electron chi connectivity index (χ2n) is 5.22. The van der Waals surface area contributed by atoms with E-state index in [2.05, 4.69) is 15.6 Å². The third-order valence-electron chi connectivity index (χ3n) is 3.60. The molecule has 3 N–H and O–H groups in total. The van der Waals surface area contributed by atoms with Gasteiger partial charge in [0.25, 0.3) is 0 Å². The Bertz CT molecular complexity index is 620. The summed E-state index contributed by atoms with van der Waals surface area (Å²) in [5.41, 5.74) is 2.05. The molecule has 0 amide bonds. The van der Waals surface area contributed by atoms with Crippen LogP contribution in [-0.4, -0.2) is 31.3 Å². The highest BCUT2D eigenvalue weighted by molar-refractivity contribution is 14.0. The first-order valence-corrected chi connectivity index (χ1v) is 7.57. The summed E-state index contributed by atoms with van der Waals surface area (Å²) in [7, 11) is 1.69. The molecule has 2 aromatic rings. The van der Waals surface area contributed by atoms with Crippen molar-refractivity contribution in [2.45, 2.75) is 12.5 Å². The first-order valence-electron chi connectivity index (χ1n) is 7.57. The highest BCUT2D eigenvalue weighted by Gasteiger charge is 2.10. The van der Waals surface area contributed by atoms with Crippen LogP contribution in [0.25, 0.3) is 0 Å². The minimum absolute atomic E-state index is 0. The minimum atomic E-state index is -0.245. The molecular formula is C18H23FIN3O. The van der Waals surface area contributed by atoms with E-state index in [1.807, 2.05) is 30.3 Å². The number of benzene rings is 2. The Hall–Kier alpha value is -1.67. The summed E-state index contributed by atoms with van der Waals surface area (Å²) in [4.78, 5) is 4.16. The van der Waals surface area contributed by atoms with Gasteiger partial charge in [-0.05, 0) is 23.3 Å². The number of halogens is 2. The van der Waals surface area contributed by atoms with Crippen LogP contribution in [-0.2, 0) is 6.54 Å². The minimum Gasteiger partial charge on any atom is -0.396 e. The van der Waals surface area contributed by atoms with Gasteiger partial charge in [-0.15, -0.1) is 24.0 Å². The van der Waals surface area contributed by atoms with Crippen molar-refractivity contribution < 1.29 is 9.50 Å². The van der Waals surface area contributed by atoms with Crippen molar-refractivity contribution in [1.29, 1.82) is 0 Å². The van der Waals surface area contributed by atoms with Crippen LogP contribution in [0.5, 0.6) is 0 Å². The predicted molar refractivity (Wildman–Crippen MR) is 106 cm³/mol. The Labute approximate surface area is 159 Å². The summed E-state index contributed by atoms with van der Waals surface area (Å²) in [5.74, 6) is 0.397. The quantitative estimate of drug-likeness (QED) is 0.366. The maximum atomic E-state index is 12.9. The molecule has 0 saturated carbocycles. The van der Waals surface area contributed by atoms with Crippen LogP contribution in [0.15, 0.2) is 59.6 Å². The number of nitrogens with one attached hydrogen (secondary N) is 2. The Morgan fingerprint density at radius 2 is 1.75 bits per heavy atom. The van der Waals surface area contributed by atoms with Crippen molar-refractivity contribution in [3.63, 3.8) is 0 Å². The molecule has 24 heavy (non-hydrogen) atoms. The molecular weight excluding hydrogens is 420 g/mol. The van der Waals surface area contributed by atoms with E-state index in [0.29, 0.717) is 19.0 Å². The molecule has 0 aliphatic carbocycles. The van der Waals surface area contributed by atoms with Gasteiger partial charge in [-0.1, -0.05) is 42.5 Å². The number of hydrogen-bond donors (Lipinski definition) is 3. The number of nitrogens with zero attached hydrogens (tertiary/aromatic N) is 1. The Morgan fingerprint density at radius 1 is 1.08 bits per heavy atom. The fourth-order valence-electron chi connectivity index (χ4n) is 2.24. The van der Waals surface area contributed by atoms with Gasteiger partial charge in [0.15, 0.2) is 5.96 Å². The van der Waals surface area contributed by atoms with Crippen LogP contribution in [0.4, 0.5) is 4.39 Å².